The van der Waals surface area contributed by atoms with E-state index in [1.54, 1.807) is 12.1 Å². The third-order valence-corrected chi connectivity index (χ3v) is 6.89. The molecule has 2 aromatic rings. The molecule has 0 saturated carbocycles. The van der Waals surface area contributed by atoms with Gasteiger partial charge in [0.2, 0.25) is 0 Å². The van der Waals surface area contributed by atoms with E-state index in [2.05, 4.69) is 5.32 Å². The first kappa shape index (κ1) is 24.5. The molecule has 0 aliphatic carbocycles. The zero-order valence-electron chi connectivity index (χ0n) is 18.5. The van der Waals surface area contributed by atoms with Gasteiger partial charge in [0, 0.05) is 32.4 Å². The Bertz CT molecular complexity index is 1100. The molecule has 2 aromatic carbocycles. The minimum atomic E-state index is -3.67. The minimum Gasteiger partial charge on any atom is -0.452 e. The first-order valence-electron chi connectivity index (χ1n) is 10.8. The first-order chi connectivity index (χ1) is 15.9. The van der Waals surface area contributed by atoms with Gasteiger partial charge in [-0.25, -0.2) is 13.2 Å². The Kier molecular flexibility index (Phi) is 8.62. The average Bonchev–Trinajstić information content (AvgIpc) is 3.27. The van der Waals surface area contributed by atoms with Gasteiger partial charge >= 0.3 is 5.97 Å². The summed E-state index contributed by atoms with van der Waals surface area (Å²) in [5, 5.41) is 2.64. The summed E-state index contributed by atoms with van der Waals surface area (Å²) in [6, 6.07) is 13.7. The summed E-state index contributed by atoms with van der Waals surface area (Å²) in [6.45, 7) is 3.58. The number of carbonyl (C=O) groups is 2. The van der Waals surface area contributed by atoms with E-state index in [0.717, 1.165) is 5.56 Å². The second kappa shape index (κ2) is 11.6. The number of nitrogens with zero attached hydrogens (tertiary/aromatic N) is 1. The highest BCUT2D eigenvalue weighted by Gasteiger charge is 2.30. The summed E-state index contributed by atoms with van der Waals surface area (Å²) in [6.07, 6.45) is 4.07. The van der Waals surface area contributed by atoms with Crippen molar-refractivity contribution in [3.05, 3.63) is 65.7 Å². The topological polar surface area (TPSA) is 102 Å². The van der Waals surface area contributed by atoms with Crippen LogP contribution in [0.25, 0.3) is 6.08 Å². The van der Waals surface area contributed by atoms with Crippen molar-refractivity contribution in [1.29, 1.82) is 0 Å². The lowest BCUT2D eigenvalue weighted by molar-refractivity contribution is -0.143. The monoisotopic (exact) mass is 472 g/mol. The minimum absolute atomic E-state index is 0.180. The molecule has 1 amide bonds. The van der Waals surface area contributed by atoms with Crippen LogP contribution in [0.15, 0.2) is 59.5 Å². The smallest absolute Gasteiger partial charge is 0.331 e. The fourth-order valence-corrected chi connectivity index (χ4v) is 4.89. The number of hydrogen-bond donors (Lipinski definition) is 1. The zero-order valence-corrected chi connectivity index (χ0v) is 19.3. The van der Waals surface area contributed by atoms with Crippen LogP contribution in [0.5, 0.6) is 0 Å². The molecule has 0 radical (unpaired) electrons. The molecule has 1 aliphatic rings. The van der Waals surface area contributed by atoms with Gasteiger partial charge in [-0.05, 0) is 55.2 Å². The number of benzene rings is 2. The van der Waals surface area contributed by atoms with Gasteiger partial charge in [-0.2, -0.15) is 0 Å². The standard InChI is InChI=1S/C24H28N2O6S/c1-2-31-17-5-15-25-23(27)18-32-24(28)13-10-19-8-11-21(12-9-19)33(29,30)26-16-14-20-6-3-4-7-22(20)26/h3-4,6-13H,2,5,14-18H2,1H3,(H,25,27). The van der Waals surface area contributed by atoms with Crippen LogP contribution < -0.4 is 9.62 Å². The third kappa shape index (κ3) is 6.66. The molecular formula is C24H28N2O6S. The van der Waals surface area contributed by atoms with Gasteiger partial charge in [0.05, 0.1) is 10.6 Å². The maximum absolute atomic E-state index is 13.0. The maximum Gasteiger partial charge on any atom is 0.331 e. The molecule has 0 fully saturated rings. The number of ether oxygens (including phenoxy) is 2. The Morgan fingerprint density at radius 1 is 1.12 bits per heavy atom. The van der Waals surface area contributed by atoms with Crippen molar-refractivity contribution in [2.45, 2.75) is 24.7 Å². The van der Waals surface area contributed by atoms with E-state index in [-0.39, 0.29) is 17.4 Å². The van der Waals surface area contributed by atoms with Crippen LogP contribution >= 0.6 is 0 Å². The van der Waals surface area contributed by atoms with E-state index < -0.39 is 16.0 Å². The van der Waals surface area contributed by atoms with Crippen LogP contribution in [0.4, 0.5) is 5.69 Å². The predicted octanol–water partition coefficient (Wildman–Crippen LogP) is 2.54. The lowest BCUT2D eigenvalue weighted by Gasteiger charge is -2.19. The van der Waals surface area contributed by atoms with Crippen molar-refractivity contribution in [2.75, 3.05) is 37.2 Å². The van der Waals surface area contributed by atoms with Crippen LogP contribution in [-0.2, 0) is 35.5 Å². The molecule has 176 valence electrons. The first-order valence-corrected chi connectivity index (χ1v) is 12.3. The van der Waals surface area contributed by atoms with Crippen LogP contribution in [-0.4, -0.2) is 53.2 Å². The zero-order chi connectivity index (χ0) is 23.7. The van der Waals surface area contributed by atoms with Crippen LogP contribution in [0.2, 0.25) is 0 Å². The van der Waals surface area contributed by atoms with E-state index in [4.69, 9.17) is 9.47 Å². The summed E-state index contributed by atoms with van der Waals surface area (Å²) >= 11 is 0. The number of para-hydroxylation sites is 1. The highest BCUT2D eigenvalue weighted by Crippen LogP contribution is 2.32. The predicted molar refractivity (Wildman–Crippen MR) is 125 cm³/mol. The largest absolute Gasteiger partial charge is 0.452 e. The van der Waals surface area contributed by atoms with Gasteiger partial charge in [0.1, 0.15) is 0 Å². The second-order valence-corrected chi connectivity index (χ2v) is 9.23. The highest BCUT2D eigenvalue weighted by molar-refractivity contribution is 7.92. The number of nitrogens with one attached hydrogen (secondary N) is 1. The average molecular weight is 473 g/mol. The number of hydrogen-bond acceptors (Lipinski definition) is 6. The molecule has 1 aliphatic heterocycles. The molecule has 0 bridgehead atoms. The Balaban J connectivity index is 1.50. The summed E-state index contributed by atoms with van der Waals surface area (Å²) in [4.78, 5) is 23.7. The van der Waals surface area contributed by atoms with E-state index in [9.17, 15) is 18.0 Å². The Hall–Kier alpha value is -3.17. The van der Waals surface area contributed by atoms with Gasteiger partial charge in [-0.15, -0.1) is 0 Å². The van der Waals surface area contributed by atoms with Gasteiger partial charge in [-0.3, -0.25) is 9.10 Å². The molecule has 33 heavy (non-hydrogen) atoms. The molecule has 1 heterocycles. The number of anilines is 1. The van der Waals surface area contributed by atoms with Crippen molar-refractivity contribution in [3.8, 4) is 0 Å². The van der Waals surface area contributed by atoms with Crippen molar-refractivity contribution >= 4 is 33.7 Å². The van der Waals surface area contributed by atoms with Crippen LogP contribution in [0.1, 0.15) is 24.5 Å². The van der Waals surface area contributed by atoms with Gasteiger partial charge < -0.3 is 14.8 Å². The summed E-state index contributed by atoms with van der Waals surface area (Å²) < 4.78 is 37.6. The molecule has 1 N–H and O–H groups in total. The lowest BCUT2D eigenvalue weighted by atomic mass is 10.2. The summed E-state index contributed by atoms with van der Waals surface area (Å²) in [7, 11) is -3.67. The molecule has 0 atom stereocenters. The van der Waals surface area contributed by atoms with Gasteiger partial charge in [0.15, 0.2) is 6.61 Å². The fourth-order valence-electron chi connectivity index (χ4n) is 3.38. The summed E-state index contributed by atoms with van der Waals surface area (Å²) in [5.74, 6) is -1.05. The van der Waals surface area contributed by atoms with E-state index in [0.29, 0.717) is 50.4 Å². The maximum atomic E-state index is 13.0. The molecular weight excluding hydrogens is 444 g/mol. The van der Waals surface area contributed by atoms with Crippen LogP contribution in [0.3, 0.4) is 0 Å². The van der Waals surface area contributed by atoms with E-state index in [1.807, 2.05) is 31.2 Å². The van der Waals surface area contributed by atoms with Crippen molar-refractivity contribution < 1.29 is 27.5 Å². The Labute approximate surface area is 194 Å². The molecule has 0 unspecified atom stereocenters. The third-order valence-electron chi connectivity index (χ3n) is 5.06. The normalized spacial score (nSPS) is 13.2. The SMILES string of the molecule is CCOCCCNC(=O)COC(=O)C=Cc1ccc(S(=O)(=O)N2CCc3ccccc32)cc1. The highest BCUT2D eigenvalue weighted by atomic mass is 32.2. The Morgan fingerprint density at radius 3 is 2.64 bits per heavy atom. The quantitative estimate of drug-likeness (QED) is 0.306. The van der Waals surface area contributed by atoms with Crippen molar-refractivity contribution in [1.82, 2.24) is 5.32 Å². The second-order valence-electron chi connectivity index (χ2n) is 7.37. The van der Waals surface area contributed by atoms with E-state index in [1.165, 1.54) is 28.6 Å². The molecule has 3 rings (SSSR count). The summed E-state index contributed by atoms with van der Waals surface area (Å²) in [5.41, 5.74) is 2.36. The fraction of sp³-hybridized carbons (Fsp3) is 0.333. The Morgan fingerprint density at radius 2 is 1.88 bits per heavy atom. The van der Waals surface area contributed by atoms with Gasteiger partial charge in [-0.1, -0.05) is 30.3 Å². The van der Waals surface area contributed by atoms with E-state index >= 15 is 0 Å². The number of esters is 1. The number of sulfonamides is 1. The number of carbonyl (C=O) groups excluding carboxylic acids is 2. The lowest BCUT2D eigenvalue weighted by Crippen LogP contribution is -2.29. The molecule has 0 spiro atoms. The van der Waals surface area contributed by atoms with Crippen molar-refractivity contribution in [2.24, 2.45) is 0 Å². The molecule has 9 heteroatoms. The molecule has 0 aromatic heterocycles. The number of rotatable bonds is 11. The van der Waals surface area contributed by atoms with Crippen molar-refractivity contribution in [3.63, 3.8) is 0 Å². The van der Waals surface area contributed by atoms with Crippen LogP contribution in [0, 0.1) is 0 Å². The number of amides is 1. The molecule has 8 nitrogen and oxygen atoms in total. The van der Waals surface area contributed by atoms with Gasteiger partial charge in [0.25, 0.3) is 15.9 Å². The number of fused-ring (bicyclic) bond motifs is 1. The molecule has 0 saturated heterocycles.